The van der Waals surface area contributed by atoms with Gasteiger partial charge >= 0.3 is 6.18 Å². The quantitative estimate of drug-likeness (QED) is 0.387. The Hall–Kier alpha value is -4.28. The maximum Gasteiger partial charge on any atom is 0.417 e. The molecule has 1 saturated carbocycles. The van der Waals surface area contributed by atoms with Crippen molar-refractivity contribution in [1.82, 2.24) is 24.7 Å². The highest BCUT2D eigenvalue weighted by Crippen LogP contribution is 2.34. The first-order chi connectivity index (χ1) is 16.8. The van der Waals surface area contributed by atoms with Crippen molar-refractivity contribution in [3.8, 4) is 11.1 Å². The Bertz CT molecular complexity index is 1310. The summed E-state index contributed by atoms with van der Waals surface area (Å²) < 4.78 is 39.8. The molecule has 0 aliphatic heterocycles. The number of pyridine rings is 1. The van der Waals surface area contributed by atoms with Crippen molar-refractivity contribution in [2.45, 2.75) is 31.5 Å². The summed E-state index contributed by atoms with van der Waals surface area (Å²) in [4.78, 5) is 24.6. The lowest BCUT2D eigenvalue weighted by Crippen LogP contribution is -2.15. The SMILES string of the molecule is O=C(Cc1ccc(-c2cnc(Nc3cnn(C4CC4)c3)nc2)cc1)Nc1ccc(C(F)(F)F)cn1. The van der Waals surface area contributed by atoms with E-state index in [0.29, 0.717) is 18.2 Å². The lowest BCUT2D eigenvalue weighted by atomic mass is 10.1. The summed E-state index contributed by atoms with van der Waals surface area (Å²) in [6.07, 6.45) is 5.69. The van der Waals surface area contributed by atoms with Gasteiger partial charge in [0.25, 0.3) is 0 Å². The number of aromatic nitrogens is 5. The average molecular weight is 479 g/mol. The zero-order chi connectivity index (χ0) is 24.4. The molecule has 35 heavy (non-hydrogen) atoms. The van der Waals surface area contributed by atoms with Gasteiger partial charge < -0.3 is 10.6 Å². The van der Waals surface area contributed by atoms with Crippen LogP contribution in [0.5, 0.6) is 0 Å². The lowest BCUT2D eigenvalue weighted by molar-refractivity contribution is -0.137. The average Bonchev–Trinajstić information content (AvgIpc) is 3.59. The van der Waals surface area contributed by atoms with Crippen LogP contribution in [0.2, 0.25) is 0 Å². The standard InChI is InChI=1S/C24H20F3N7O/c25-24(26,27)18-5-8-21(28-12-18)33-22(35)9-15-1-3-16(4-2-15)17-10-29-23(30-11-17)32-19-13-31-34(14-19)20-6-7-20/h1-5,8,10-14,20H,6-7,9H2,(H,28,33,35)(H,29,30,32). The first kappa shape index (κ1) is 22.5. The predicted molar refractivity (Wildman–Crippen MR) is 123 cm³/mol. The normalized spacial score (nSPS) is 13.5. The van der Waals surface area contributed by atoms with Crippen molar-refractivity contribution in [3.63, 3.8) is 0 Å². The van der Waals surface area contributed by atoms with Crippen LogP contribution in [0.1, 0.15) is 30.0 Å². The third-order valence-corrected chi connectivity index (χ3v) is 5.44. The molecule has 1 amide bonds. The highest BCUT2D eigenvalue weighted by Gasteiger charge is 2.30. The van der Waals surface area contributed by atoms with E-state index in [0.717, 1.165) is 47.4 Å². The van der Waals surface area contributed by atoms with E-state index in [1.807, 2.05) is 23.0 Å². The topological polar surface area (TPSA) is 97.6 Å². The van der Waals surface area contributed by atoms with Crippen LogP contribution in [-0.4, -0.2) is 30.6 Å². The number of hydrogen-bond donors (Lipinski definition) is 2. The molecule has 5 rings (SSSR count). The number of alkyl halides is 3. The molecule has 0 radical (unpaired) electrons. The Morgan fingerprint density at radius 2 is 1.69 bits per heavy atom. The van der Waals surface area contributed by atoms with Crippen LogP contribution < -0.4 is 10.6 Å². The van der Waals surface area contributed by atoms with Crippen LogP contribution in [0.3, 0.4) is 0 Å². The fraction of sp³-hybridized carbons (Fsp3) is 0.208. The highest BCUT2D eigenvalue weighted by atomic mass is 19.4. The molecule has 0 saturated heterocycles. The molecule has 1 fully saturated rings. The summed E-state index contributed by atoms with van der Waals surface area (Å²) in [6, 6.07) is 9.81. The number of amides is 1. The van der Waals surface area contributed by atoms with Crippen LogP contribution in [0, 0.1) is 0 Å². The number of carbonyl (C=O) groups excluding carboxylic acids is 1. The predicted octanol–water partition coefficient (Wildman–Crippen LogP) is 5.01. The molecule has 3 heterocycles. The number of nitrogens with zero attached hydrogens (tertiary/aromatic N) is 5. The third-order valence-electron chi connectivity index (χ3n) is 5.44. The fourth-order valence-electron chi connectivity index (χ4n) is 3.44. The Labute approximate surface area is 198 Å². The van der Waals surface area contributed by atoms with Crippen molar-refractivity contribution in [2.24, 2.45) is 0 Å². The van der Waals surface area contributed by atoms with Gasteiger partial charge in [0.15, 0.2) is 0 Å². The number of benzene rings is 1. The van der Waals surface area contributed by atoms with Crippen molar-refractivity contribution in [2.75, 3.05) is 10.6 Å². The van der Waals surface area contributed by atoms with Crippen molar-refractivity contribution in [1.29, 1.82) is 0 Å². The van der Waals surface area contributed by atoms with E-state index in [1.165, 1.54) is 0 Å². The first-order valence-corrected chi connectivity index (χ1v) is 10.9. The van der Waals surface area contributed by atoms with E-state index >= 15 is 0 Å². The maximum absolute atomic E-state index is 12.6. The molecule has 3 aromatic heterocycles. The Morgan fingerprint density at radius 3 is 2.31 bits per heavy atom. The number of carbonyl (C=O) groups is 1. The van der Waals surface area contributed by atoms with Crippen LogP contribution in [-0.2, 0) is 17.4 Å². The third kappa shape index (κ3) is 5.62. The van der Waals surface area contributed by atoms with Crippen molar-refractivity contribution in [3.05, 3.63) is 78.5 Å². The van der Waals surface area contributed by atoms with Gasteiger partial charge in [-0.3, -0.25) is 9.48 Å². The summed E-state index contributed by atoms with van der Waals surface area (Å²) in [6.45, 7) is 0. The van der Waals surface area contributed by atoms with Gasteiger partial charge in [0, 0.05) is 30.4 Å². The van der Waals surface area contributed by atoms with Gasteiger partial charge in [-0.25, -0.2) is 15.0 Å². The molecule has 0 unspecified atom stereocenters. The summed E-state index contributed by atoms with van der Waals surface area (Å²) in [5.41, 5.74) is 2.40. The molecule has 0 spiro atoms. The minimum absolute atomic E-state index is 0.0525. The largest absolute Gasteiger partial charge is 0.417 e. The summed E-state index contributed by atoms with van der Waals surface area (Å²) >= 11 is 0. The zero-order valence-electron chi connectivity index (χ0n) is 18.3. The lowest BCUT2D eigenvalue weighted by Gasteiger charge is -2.08. The molecular formula is C24H20F3N7O. The van der Waals surface area contributed by atoms with Gasteiger partial charge in [-0.2, -0.15) is 18.3 Å². The van der Waals surface area contributed by atoms with Crippen molar-refractivity contribution >= 4 is 23.4 Å². The fourth-order valence-corrected chi connectivity index (χ4v) is 3.44. The first-order valence-electron chi connectivity index (χ1n) is 10.9. The molecule has 8 nitrogen and oxygen atoms in total. The number of hydrogen-bond acceptors (Lipinski definition) is 6. The van der Waals surface area contributed by atoms with Gasteiger partial charge in [0.2, 0.25) is 11.9 Å². The molecular weight excluding hydrogens is 459 g/mol. The zero-order valence-corrected chi connectivity index (χ0v) is 18.3. The van der Waals surface area contributed by atoms with Crippen molar-refractivity contribution < 1.29 is 18.0 Å². The van der Waals surface area contributed by atoms with Crippen LogP contribution in [0.15, 0.2) is 67.4 Å². The van der Waals surface area contributed by atoms with Crippen LogP contribution in [0.25, 0.3) is 11.1 Å². The number of nitrogens with one attached hydrogen (secondary N) is 2. The molecule has 2 N–H and O–H groups in total. The Balaban J connectivity index is 1.16. The second kappa shape index (κ2) is 9.16. The number of halogens is 3. The molecule has 1 aliphatic rings. The van der Waals surface area contributed by atoms with Crippen LogP contribution in [0.4, 0.5) is 30.6 Å². The van der Waals surface area contributed by atoms with E-state index in [1.54, 1.807) is 30.7 Å². The Kier molecular flexibility index (Phi) is 5.89. The van der Waals surface area contributed by atoms with E-state index in [4.69, 9.17) is 0 Å². The highest BCUT2D eigenvalue weighted by molar-refractivity contribution is 5.91. The van der Waals surface area contributed by atoms with Gasteiger partial charge in [-0.1, -0.05) is 24.3 Å². The smallest absolute Gasteiger partial charge is 0.321 e. The van der Waals surface area contributed by atoms with E-state index < -0.39 is 11.7 Å². The number of anilines is 3. The minimum Gasteiger partial charge on any atom is -0.321 e. The summed E-state index contributed by atoms with van der Waals surface area (Å²) in [7, 11) is 0. The molecule has 4 aromatic rings. The minimum atomic E-state index is -4.47. The maximum atomic E-state index is 12.6. The molecule has 1 aliphatic carbocycles. The monoisotopic (exact) mass is 479 g/mol. The van der Waals surface area contributed by atoms with Gasteiger partial charge in [0.05, 0.1) is 29.9 Å². The van der Waals surface area contributed by atoms with E-state index in [9.17, 15) is 18.0 Å². The molecule has 178 valence electrons. The summed E-state index contributed by atoms with van der Waals surface area (Å²) in [5, 5.41) is 9.97. The molecule has 1 aromatic carbocycles. The van der Waals surface area contributed by atoms with Crippen LogP contribution >= 0.6 is 0 Å². The van der Waals surface area contributed by atoms with Gasteiger partial charge in [0.1, 0.15) is 5.82 Å². The van der Waals surface area contributed by atoms with E-state index in [-0.39, 0.29) is 18.1 Å². The van der Waals surface area contributed by atoms with Gasteiger partial charge in [-0.05, 0) is 36.1 Å². The number of rotatable bonds is 7. The molecule has 0 bridgehead atoms. The van der Waals surface area contributed by atoms with E-state index in [2.05, 4.69) is 30.7 Å². The van der Waals surface area contributed by atoms with Gasteiger partial charge in [-0.15, -0.1) is 0 Å². The second-order valence-corrected chi connectivity index (χ2v) is 8.21. The molecule has 11 heteroatoms. The molecule has 0 atom stereocenters. The summed E-state index contributed by atoms with van der Waals surface area (Å²) in [5.74, 6) is 0.147. The Morgan fingerprint density at radius 1 is 0.943 bits per heavy atom. The second-order valence-electron chi connectivity index (χ2n) is 8.21.